The lowest BCUT2D eigenvalue weighted by molar-refractivity contribution is 0.0499. The Bertz CT molecular complexity index is 613. The summed E-state index contributed by atoms with van der Waals surface area (Å²) in [6.07, 6.45) is 1.03. The molecule has 3 N–H and O–H groups in total. The summed E-state index contributed by atoms with van der Waals surface area (Å²) in [5, 5.41) is 20.6. The lowest BCUT2D eigenvalue weighted by Gasteiger charge is -2.34. The molecule has 1 aliphatic rings. The average molecular weight is 336 g/mol. The van der Waals surface area contributed by atoms with Gasteiger partial charge in [-0.3, -0.25) is 4.79 Å². The highest BCUT2D eigenvalue weighted by molar-refractivity contribution is 6.02. The van der Waals surface area contributed by atoms with E-state index in [1.807, 2.05) is 13.8 Å². The fourth-order valence-electron chi connectivity index (χ4n) is 2.61. The number of fused-ring (bicyclic) bond motifs is 1. The molecular formula is C17H24N2O5. The minimum absolute atomic E-state index is 0.0146. The Hall–Kier alpha value is -2.12. The van der Waals surface area contributed by atoms with Crippen LogP contribution in [0.2, 0.25) is 0 Å². The van der Waals surface area contributed by atoms with Crippen molar-refractivity contribution in [3.05, 3.63) is 23.8 Å². The van der Waals surface area contributed by atoms with E-state index in [2.05, 4.69) is 5.32 Å². The number of rotatable bonds is 6. The normalized spacial score (nSPS) is 19.4. The maximum atomic E-state index is 12.4. The predicted molar refractivity (Wildman–Crippen MR) is 89.5 cm³/mol. The molecule has 7 nitrogen and oxygen atoms in total. The monoisotopic (exact) mass is 336 g/mol. The second-order valence-corrected chi connectivity index (χ2v) is 6.08. The molecule has 2 rings (SSSR count). The van der Waals surface area contributed by atoms with E-state index in [-0.39, 0.29) is 32.1 Å². The number of hydrogen-bond acceptors (Lipinski definition) is 5. The third kappa shape index (κ3) is 4.04. The van der Waals surface area contributed by atoms with Gasteiger partial charge >= 0.3 is 6.03 Å². The maximum absolute atomic E-state index is 12.4. The Kier molecular flexibility index (Phi) is 5.80. The number of urea groups is 1. The van der Waals surface area contributed by atoms with Crippen molar-refractivity contribution < 1.29 is 24.5 Å². The fraction of sp³-hybridized carbons (Fsp3) is 0.529. The average Bonchev–Trinajstić information content (AvgIpc) is 2.55. The molecule has 0 fully saturated rings. The third-order valence-electron chi connectivity index (χ3n) is 4.20. The van der Waals surface area contributed by atoms with Crippen LogP contribution in [0, 0.1) is 0 Å². The Morgan fingerprint density at radius 2 is 2.00 bits per heavy atom. The topological polar surface area (TPSA) is 99.1 Å². The lowest BCUT2D eigenvalue weighted by atomic mass is 9.89. The standard InChI is InChI=1S/C17H24N2O5/c1-3-17(2)11-14(22)13-10-12(4-5-15(13)24-17)18-16(23)19(6-8-20)7-9-21/h4-5,10,20-21H,3,6-9,11H2,1-2H3,(H,18,23)/t17-/m0/s1. The second kappa shape index (κ2) is 7.63. The van der Waals surface area contributed by atoms with E-state index in [1.54, 1.807) is 18.2 Å². The number of ketones is 1. The van der Waals surface area contributed by atoms with Crippen molar-refractivity contribution >= 4 is 17.5 Å². The summed E-state index contributed by atoms with van der Waals surface area (Å²) < 4.78 is 5.91. The first-order valence-corrected chi connectivity index (χ1v) is 8.06. The number of aliphatic hydroxyl groups is 2. The van der Waals surface area contributed by atoms with E-state index >= 15 is 0 Å². The first-order chi connectivity index (χ1) is 11.4. The number of hydrogen-bond donors (Lipinski definition) is 3. The van der Waals surface area contributed by atoms with Crippen LogP contribution >= 0.6 is 0 Å². The van der Waals surface area contributed by atoms with Crippen LogP contribution in [0.5, 0.6) is 5.75 Å². The Balaban J connectivity index is 2.16. The van der Waals surface area contributed by atoms with E-state index < -0.39 is 11.6 Å². The highest BCUT2D eigenvalue weighted by atomic mass is 16.5. The summed E-state index contributed by atoms with van der Waals surface area (Å²) in [5.74, 6) is 0.510. The van der Waals surface area contributed by atoms with Crippen molar-refractivity contribution in [1.82, 2.24) is 4.90 Å². The number of amides is 2. The van der Waals surface area contributed by atoms with E-state index in [9.17, 15) is 9.59 Å². The summed E-state index contributed by atoms with van der Waals surface area (Å²) in [5.41, 5.74) is 0.430. The van der Waals surface area contributed by atoms with E-state index in [0.29, 0.717) is 23.4 Å². The number of benzene rings is 1. The molecule has 0 aromatic heterocycles. The number of nitrogens with one attached hydrogen (secondary N) is 1. The van der Waals surface area contributed by atoms with Crippen LogP contribution in [0.1, 0.15) is 37.0 Å². The molecule has 1 atom stereocenters. The van der Waals surface area contributed by atoms with Gasteiger partial charge in [-0.25, -0.2) is 4.79 Å². The number of ether oxygens (including phenoxy) is 1. The molecule has 1 aliphatic heterocycles. The minimum atomic E-state index is -0.492. The minimum Gasteiger partial charge on any atom is -0.486 e. The Morgan fingerprint density at radius 3 is 2.58 bits per heavy atom. The molecule has 0 bridgehead atoms. The van der Waals surface area contributed by atoms with Crippen LogP contribution in [0.25, 0.3) is 0 Å². The SMILES string of the molecule is CC[C@@]1(C)CC(=O)c2cc(NC(=O)N(CCO)CCO)ccc2O1. The van der Waals surface area contributed by atoms with Gasteiger partial charge in [-0.05, 0) is 31.5 Å². The van der Waals surface area contributed by atoms with Crippen LogP contribution in [-0.2, 0) is 0 Å². The van der Waals surface area contributed by atoms with Gasteiger partial charge in [0.15, 0.2) is 5.78 Å². The van der Waals surface area contributed by atoms with Gasteiger partial charge in [-0.15, -0.1) is 0 Å². The van der Waals surface area contributed by atoms with Gasteiger partial charge in [0.1, 0.15) is 11.4 Å². The van der Waals surface area contributed by atoms with Gasteiger partial charge in [0.2, 0.25) is 0 Å². The summed E-state index contributed by atoms with van der Waals surface area (Å²) in [6.45, 7) is 3.73. The molecule has 0 unspecified atom stereocenters. The number of anilines is 1. The molecule has 0 spiro atoms. The maximum Gasteiger partial charge on any atom is 0.321 e. The van der Waals surface area contributed by atoms with Gasteiger partial charge in [-0.1, -0.05) is 6.92 Å². The smallest absolute Gasteiger partial charge is 0.321 e. The number of Topliss-reactive ketones (excluding diaryl/α,β-unsaturated/α-hetero) is 1. The van der Waals surface area contributed by atoms with Gasteiger partial charge in [0.25, 0.3) is 0 Å². The van der Waals surface area contributed by atoms with Crippen LogP contribution < -0.4 is 10.1 Å². The zero-order valence-corrected chi connectivity index (χ0v) is 14.0. The van der Waals surface area contributed by atoms with Crippen LogP contribution in [-0.4, -0.2) is 58.8 Å². The summed E-state index contributed by atoms with van der Waals surface area (Å²) in [7, 11) is 0. The van der Waals surface area contributed by atoms with E-state index in [1.165, 1.54) is 4.90 Å². The molecule has 2 amide bonds. The Labute approximate surface area is 141 Å². The Morgan fingerprint density at radius 1 is 1.33 bits per heavy atom. The molecule has 1 aromatic carbocycles. The largest absolute Gasteiger partial charge is 0.486 e. The molecule has 1 aromatic rings. The molecule has 1 heterocycles. The quantitative estimate of drug-likeness (QED) is 0.733. The third-order valence-corrected chi connectivity index (χ3v) is 4.20. The van der Waals surface area contributed by atoms with Crippen molar-refractivity contribution in [1.29, 1.82) is 0 Å². The zero-order valence-electron chi connectivity index (χ0n) is 14.0. The van der Waals surface area contributed by atoms with Crippen LogP contribution in [0.4, 0.5) is 10.5 Å². The molecule has 0 saturated heterocycles. The van der Waals surface area contributed by atoms with Crippen LogP contribution in [0.15, 0.2) is 18.2 Å². The molecule has 0 aliphatic carbocycles. The molecule has 24 heavy (non-hydrogen) atoms. The first-order valence-electron chi connectivity index (χ1n) is 8.06. The lowest BCUT2D eigenvalue weighted by Crippen LogP contribution is -2.39. The highest BCUT2D eigenvalue weighted by Crippen LogP contribution is 2.36. The molecule has 7 heteroatoms. The number of carbonyl (C=O) groups is 2. The van der Waals surface area contributed by atoms with Crippen molar-refractivity contribution in [2.75, 3.05) is 31.6 Å². The van der Waals surface area contributed by atoms with Gasteiger partial charge < -0.3 is 25.2 Å². The highest BCUT2D eigenvalue weighted by Gasteiger charge is 2.35. The van der Waals surface area contributed by atoms with Gasteiger partial charge in [0, 0.05) is 18.8 Å². The molecule has 0 radical (unpaired) electrons. The predicted octanol–water partition coefficient (Wildman–Crippen LogP) is 1.64. The van der Waals surface area contributed by atoms with E-state index in [4.69, 9.17) is 14.9 Å². The number of nitrogens with zero attached hydrogens (tertiary/aromatic N) is 1. The van der Waals surface area contributed by atoms with Crippen molar-refractivity contribution in [2.24, 2.45) is 0 Å². The molecule has 132 valence electrons. The molecular weight excluding hydrogens is 312 g/mol. The van der Waals surface area contributed by atoms with Crippen molar-refractivity contribution in [2.45, 2.75) is 32.3 Å². The zero-order chi connectivity index (χ0) is 17.7. The fourth-order valence-corrected chi connectivity index (χ4v) is 2.61. The second-order valence-electron chi connectivity index (χ2n) is 6.08. The first kappa shape index (κ1) is 18.2. The molecule has 0 saturated carbocycles. The number of aliphatic hydroxyl groups excluding tert-OH is 2. The summed E-state index contributed by atoms with van der Waals surface area (Å²) in [4.78, 5) is 25.8. The van der Waals surface area contributed by atoms with Gasteiger partial charge in [0.05, 0.1) is 25.2 Å². The van der Waals surface area contributed by atoms with E-state index in [0.717, 1.165) is 6.42 Å². The summed E-state index contributed by atoms with van der Waals surface area (Å²) in [6, 6.07) is 4.50. The van der Waals surface area contributed by atoms with Crippen molar-refractivity contribution in [3.8, 4) is 5.75 Å². The van der Waals surface area contributed by atoms with Crippen LogP contribution in [0.3, 0.4) is 0 Å². The van der Waals surface area contributed by atoms with Crippen molar-refractivity contribution in [3.63, 3.8) is 0 Å². The van der Waals surface area contributed by atoms with Gasteiger partial charge in [-0.2, -0.15) is 0 Å². The number of carbonyl (C=O) groups excluding carboxylic acids is 2. The summed E-state index contributed by atoms with van der Waals surface area (Å²) >= 11 is 0.